The van der Waals surface area contributed by atoms with Crippen LogP contribution in [0, 0.1) is 17.7 Å². The maximum atomic E-state index is 13.5. The van der Waals surface area contributed by atoms with Gasteiger partial charge in [-0.25, -0.2) is 9.18 Å². The molecular weight excluding hydrogens is 417 g/mol. The number of nitrogens with zero attached hydrogens (tertiary/aromatic N) is 2. The Kier molecular flexibility index (Phi) is 5.68. The zero-order valence-electron chi connectivity index (χ0n) is 18.5. The standard InChI is InChI=1S/C23H28FN3O5/c1-13(2)32-20(29)17-10-11-26(19(17)14-4-8-16(24)9-5-14)18(28)12-27-21(30)23(3,15-6-7-15)25-22(27)31/h4-5,8-9,13,15,17,19H,6-7,10-12H2,1-3H3,(H,25,31)/t17-,19-,23?/m1/s1. The lowest BCUT2D eigenvalue weighted by atomic mass is 9.93. The molecule has 3 atom stereocenters. The minimum absolute atomic E-state index is 0.0907. The molecule has 3 aliphatic rings. The van der Waals surface area contributed by atoms with Gasteiger partial charge in [0.15, 0.2) is 0 Å². The molecule has 2 heterocycles. The van der Waals surface area contributed by atoms with Crippen molar-refractivity contribution in [1.82, 2.24) is 15.1 Å². The maximum Gasteiger partial charge on any atom is 0.325 e. The highest BCUT2D eigenvalue weighted by atomic mass is 19.1. The van der Waals surface area contributed by atoms with E-state index >= 15 is 0 Å². The number of hydrogen-bond acceptors (Lipinski definition) is 5. The lowest BCUT2D eigenvalue weighted by Crippen LogP contribution is -2.47. The van der Waals surface area contributed by atoms with Gasteiger partial charge in [-0.05, 0) is 63.6 Å². The Labute approximate surface area is 186 Å². The topological polar surface area (TPSA) is 96.0 Å². The van der Waals surface area contributed by atoms with Gasteiger partial charge in [0.2, 0.25) is 5.91 Å². The summed E-state index contributed by atoms with van der Waals surface area (Å²) in [6.45, 7) is 5.05. The van der Waals surface area contributed by atoms with Crippen LogP contribution in [-0.4, -0.2) is 58.3 Å². The summed E-state index contributed by atoms with van der Waals surface area (Å²) >= 11 is 0. The van der Waals surface area contributed by atoms with Crippen LogP contribution in [0.3, 0.4) is 0 Å². The molecule has 172 valence electrons. The van der Waals surface area contributed by atoms with E-state index in [9.17, 15) is 23.6 Å². The molecule has 0 aromatic heterocycles. The van der Waals surface area contributed by atoms with Gasteiger partial charge in [0.1, 0.15) is 17.9 Å². The zero-order valence-corrected chi connectivity index (χ0v) is 18.5. The Bertz CT molecular complexity index is 945. The monoisotopic (exact) mass is 445 g/mol. The van der Waals surface area contributed by atoms with E-state index in [2.05, 4.69) is 5.32 Å². The summed E-state index contributed by atoms with van der Waals surface area (Å²) in [5.74, 6) is -2.22. The van der Waals surface area contributed by atoms with E-state index in [0.29, 0.717) is 12.0 Å². The van der Waals surface area contributed by atoms with E-state index in [1.165, 1.54) is 17.0 Å². The van der Waals surface area contributed by atoms with Gasteiger partial charge < -0.3 is 15.0 Å². The highest BCUT2D eigenvalue weighted by molar-refractivity contribution is 6.09. The van der Waals surface area contributed by atoms with Crippen LogP contribution < -0.4 is 5.32 Å². The molecule has 4 amide bonds. The minimum atomic E-state index is -0.970. The number of esters is 1. The molecule has 1 aromatic rings. The predicted octanol–water partition coefficient (Wildman–Crippen LogP) is 2.39. The largest absolute Gasteiger partial charge is 0.463 e. The second-order valence-electron chi connectivity index (χ2n) is 9.26. The van der Waals surface area contributed by atoms with Crippen molar-refractivity contribution in [2.24, 2.45) is 11.8 Å². The average molecular weight is 445 g/mol. The van der Waals surface area contributed by atoms with Crippen molar-refractivity contribution < 1.29 is 28.3 Å². The van der Waals surface area contributed by atoms with Crippen LogP contribution in [0.4, 0.5) is 9.18 Å². The van der Waals surface area contributed by atoms with E-state index in [1.54, 1.807) is 32.9 Å². The van der Waals surface area contributed by atoms with Gasteiger partial charge in [-0.15, -0.1) is 0 Å². The Morgan fingerprint density at radius 3 is 2.44 bits per heavy atom. The average Bonchev–Trinajstić information content (AvgIpc) is 3.46. The molecule has 1 aliphatic carbocycles. The molecule has 0 radical (unpaired) electrons. The number of amides is 4. The second-order valence-corrected chi connectivity index (χ2v) is 9.26. The van der Waals surface area contributed by atoms with Gasteiger partial charge >= 0.3 is 12.0 Å². The van der Waals surface area contributed by atoms with Gasteiger partial charge in [0.05, 0.1) is 18.1 Å². The molecule has 1 N–H and O–H groups in total. The van der Waals surface area contributed by atoms with Gasteiger partial charge in [-0.1, -0.05) is 12.1 Å². The first-order valence-electron chi connectivity index (χ1n) is 11.0. The van der Waals surface area contributed by atoms with E-state index in [1.807, 2.05) is 0 Å². The fourth-order valence-corrected chi connectivity index (χ4v) is 4.73. The molecule has 8 nitrogen and oxygen atoms in total. The molecule has 4 rings (SSSR count). The molecular formula is C23H28FN3O5. The molecule has 1 unspecified atom stereocenters. The predicted molar refractivity (Wildman–Crippen MR) is 112 cm³/mol. The number of urea groups is 1. The van der Waals surface area contributed by atoms with Crippen LogP contribution in [0.5, 0.6) is 0 Å². The van der Waals surface area contributed by atoms with Gasteiger partial charge in [-0.2, -0.15) is 0 Å². The SMILES string of the molecule is CC(C)OC(=O)[C@@H]1CCN(C(=O)CN2C(=O)NC(C)(C3CC3)C2=O)[C@@H]1c1ccc(F)cc1. The number of imide groups is 1. The fraction of sp³-hybridized carbons (Fsp3) is 0.565. The number of hydrogen-bond donors (Lipinski definition) is 1. The molecule has 2 aliphatic heterocycles. The number of likely N-dealkylation sites (tertiary alicyclic amines) is 1. The number of ether oxygens (including phenoxy) is 1. The molecule has 3 fully saturated rings. The van der Waals surface area contributed by atoms with Crippen LogP contribution in [-0.2, 0) is 19.1 Å². The zero-order chi connectivity index (χ0) is 23.2. The third-order valence-electron chi connectivity index (χ3n) is 6.57. The second kappa shape index (κ2) is 8.18. The highest BCUT2D eigenvalue weighted by Gasteiger charge is 2.56. The van der Waals surface area contributed by atoms with Crippen molar-refractivity contribution in [3.05, 3.63) is 35.6 Å². The van der Waals surface area contributed by atoms with Crippen molar-refractivity contribution in [2.75, 3.05) is 13.1 Å². The van der Waals surface area contributed by atoms with E-state index < -0.39 is 53.7 Å². The summed E-state index contributed by atoms with van der Waals surface area (Å²) in [4.78, 5) is 53.8. The molecule has 32 heavy (non-hydrogen) atoms. The maximum absolute atomic E-state index is 13.5. The van der Waals surface area contributed by atoms with Crippen LogP contribution in [0.25, 0.3) is 0 Å². The lowest BCUT2D eigenvalue weighted by Gasteiger charge is -2.29. The Morgan fingerprint density at radius 1 is 1.19 bits per heavy atom. The number of halogens is 1. The molecule has 1 aromatic carbocycles. The van der Waals surface area contributed by atoms with Gasteiger partial charge in [0.25, 0.3) is 5.91 Å². The minimum Gasteiger partial charge on any atom is -0.463 e. The number of carbonyl (C=O) groups excluding carboxylic acids is 4. The molecule has 2 saturated heterocycles. The molecule has 1 saturated carbocycles. The fourth-order valence-electron chi connectivity index (χ4n) is 4.73. The summed E-state index contributed by atoms with van der Waals surface area (Å²) < 4.78 is 18.9. The Hall–Kier alpha value is -2.97. The van der Waals surface area contributed by atoms with E-state index in [-0.39, 0.29) is 18.6 Å². The van der Waals surface area contributed by atoms with Crippen LogP contribution >= 0.6 is 0 Å². The summed E-state index contributed by atoms with van der Waals surface area (Å²) in [5.41, 5.74) is -0.370. The van der Waals surface area contributed by atoms with E-state index in [4.69, 9.17) is 4.74 Å². The van der Waals surface area contributed by atoms with Crippen molar-refractivity contribution >= 4 is 23.8 Å². The molecule has 0 spiro atoms. The summed E-state index contributed by atoms with van der Waals surface area (Å²) in [6, 6.07) is 4.40. The number of carbonyl (C=O) groups is 4. The van der Waals surface area contributed by atoms with E-state index in [0.717, 1.165) is 17.7 Å². The number of nitrogens with one attached hydrogen (secondary N) is 1. The molecule has 0 bridgehead atoms. The quantitative estimate of drug-likeness (QED) is 0.536. The van der Waals surface area contributed by atoms with Crippen molar-refractivity contribution in [1.29, 1.82) is 0 Å². The molecule has 9 heteroatoms. The number of rotatable bonds is 6. The lowest BCUT2D eigenvalue weighted by molar-refractivity contribution is -0.154. The van der Waals surface area contributed by atoms with Gasteiger partial charge in [0, 0.05) is 6.54 Å². The number of benzene rings is 1. The Balaban J connectivity index is 1.56. The third-order valence-corrected chi connectivity index (χ3v) is 6.57. The Morgan fingerprint density at radius 2 is 1.84 bits per heavy atom. The summed E-state index contributed by atoms with van der Waals surface area (Å²) in [6.07, 6.45) is 1.79. The van der Waals surface area contributed by atoms with Gasteiger partial charge in [-0.3, -0.25) is 19.3 Å². The van der Waals surface area contributed by atoms with Crippen LogP contribution in [0.2, 0.25) is 0 Å². The first-order chi connectivity index (χ1) is 15.1. The van der Waals surface area contributed by atoms with Crippen LogP contribution in [0.1, 0.15) is 51.6 Å². The first kappa shape index (κ1) is 22.2. The third kappa shape index (κ3) is 3.96. The first-order valence-corrected chi connectivity index (χ1v) is 11.0. The van der Waals surface area contributed by atoms with Crippen molar-refractivity contribution in [3.8, 4) is 0 Å². The summed E-state index contributed by atoms with van der Waals surface area (Å²) in [7, 11) is 0. The van der Waals surface area contributed by atoms with Crippen LogP contribution in [0.15, 0.2) is 24.3 Å². The van der Waals surface area contributed by atoms with Crippen molar-refractivity contribution in [2.45, 2.75) is 57.7 Å². The highest BCUT2D eigenvalue weighted by Crippen LogP contribution is 2.43. The summed E-state index contributed by atoms with van der Waals surface area (Å²) in [5, 5.41) is 2.74. The normalized spacial score (nSPS) is 27.8. The van der Waals surface area contributed by atoms with Crippen molar-refractivity contribution in [3.63, 3.8) is 0 Å². The smallest absolute Gasteiger partial charge is 0.325 e.